The van der Waals surface area contributed by atoms with Crippen LogP contribution in [0.15, 0.2) is 23.1 Å². The number of carboxylic acids is 1. The third kappa shape index (κ3) is 4.96. The first-order valence-corrected chi connectivity index (χ1v) is 8.24. The molecule has 0 amide bonds. The fourth-order valence-electron chi connectivity index (χ4n) is 1.53. The summed E-state index contributed by atoms with van der Waals surface area (Å²) >= 11 is 5.85. The van der Waals surface area contributed by atoms with Gasteiger partial charge in [-0.3, -0.25) is 0 Å². The van der Waals surface area contributed by atoms with Crippen molar-refractivity contribution < 1.29 is 18.3 Å². The van der Waals surface area contributed by atoms with E-state index in [0.29, 0.717) is 12.6 Å². The van der Waals surface area contributed by atoms with Crippen LogP contribution in [0.2, 0.25) is 5.02 Å². The molecule has 0 unspecified atom stereocenters. The van der Waals surface area contributed by atoms with Gasteiger partial charge in [-0.15, -0.1) is 0 Å². The van der Waals surface area contributed by atoms with Crippen LogP contribution in [0.3, 0.4) is 0 Å². The Balaban J connectivity index is 2.88. The third-order valence-electron chi connectivity index (χ3n) is 3.11. The number of likely N-dealkylation sites (N-methyl/N-ethyl adjacent to an activating group) is 1. The van der Waals surface area contributed by atoms with Crippen molar-refractivity contribution in [3.63, 3.8) is 0 Å². The monoisotopic (exact) mass is 334 g/mol. The first-order chi connectivity index (χ1) is 9.65. The summed E-state index contributed by atoms with van der Waals surface area (Å²) in [4.78, 5) is 12.7. The standard InChI is InChI=1S/C13H19ClN2O4S/c1-9(2)16(3)7-6-15-21(19,20)12-8-10(13(17)18)4-5-11(12)14/h4-5,8-9,15H,6-7H2,1-3H3,(H,17,18). The van der Waals surface area contributed by atoms with E-state index in [-0.39, 0.29) is 22.0 Å². The fourth-order valence-corrected chi connectivity index (χ4v) is 3.08. The molecule has 0 fully saturated rings. The zero-order chi connectivity index (χ0) is 16.2. The number of aromatic carboxylic acids is 1. The van der Waals surface area contributed by atoms with E-state index in [1.54, 1.807) is 0 Å². The quantitative estimate of drug-likeness (QED) is 0.792. The van der Waals surface area contributed by atoms with E-state index < -0.39 is 16.0 Å². The zero-order valence-electron chi connectivity index (χ0n) is 12.1. The van der Waals surface area contributed by atoms with Gasteiger partial charge in [-0.1, -0.05) is 11.6 Å². The Hall–Kier alpha value is -1.15. The molecule has 0 saturated carbocycles. The molecule has 0 aliphatic heterocycles. The number of hydrogen-bond donors (Lipinski definition) is 2. The van der Waals surface area contributed by atoms with E-state index in [0.717, 1.165) is 6.07 Å². The van der Waals surface area contributed by atoms with Crippen molar-refractivity contribution in [3.05, 3.63) is 28.8 Å². The van der Waals surface area contributed by atoms with Crippen molar-refractivity contribution in [1.29, 1.82) is 0 Å². The van der Waals surface area contributed by atoms with Crippen molar-refractivity contribution in [2.45, 2.75) is 24.8 Å². The van der Waals surface area contributed by atoms with E-state index in [1.807, 2.05) is 25.8 Å². The smallest absolute Gasteiger partial charge is 0.335 e. The van der Waals surface area contributed by atoms with Crippen LogP contribution in [0.4, 0.5) is 0 Å². The summed E-state index contributed by atoms with van der Waals surface area (Å²) in [7, 11) is -1.95. The molecule has 0 atom stereocenters. The zero-order valence-corrected chi connectivity index (χ0v) is 13.7. The number of benzene rings is 1. The Kier molecular flexibility index (Phi) is 6.15. The molecule has 0 aliphatic carbocycles. The highest BCUT2D eigenvalue weighted by atomic mass is 35.5. The lowest BCUT2D eigenvalue weighted by Crippen LogP contribution is -2.36. The van der Waals surface area contributed by atoms with Crippen LogP contribution in [0.1, 0.15) is 24.2 Å². The van der Waals surface area contributed by atoms with Crippen molar-refractivity contribution in [3.8, 4) is 0 Å². The minimum absolute atomic E-state index is 0.00952. The van der Waals surface area contributed by atoms with Crippen LogP contribution in [0.5, 0.6) is 0 Å². The van der Waals surface area contributed by atoms with Crippen molar-refractivity contribution in [2.24, 2.45) is 0 Å². The summed E-state index contributed by atoms with van der Waals surface area (Å²) in [5.41, 5.74) is -0.126. The molecule has 0 bridgehead atoms. The number of carbonyl (C=O) groups is 1. The van der Waals surface area contributed by atoms with Gasteiger partial charge in [0.05, 0.1) is 10.6 Å². The van der Waals surface area contributed by atoms with Gasteiger partial charge in [0.25, 0.3) is 0 Å². The van der Waals surface area contributed by atoms with Gasteiger partial charge in [-0.2, -0.15) is 0 Å². The minimum Gasteiger partial charge on any atom is -0.478 e. The van der Waals surface area contributed by atoms with Crippen molar-refractivity contribution in [2.75, 3.05) is 20.1 Å². The highest BCUT2D eigenvalue weighted by molar-refractivity contribution is 7.89. The summed E-state index contributed by atoms with van der Waals surface area (Å²) in [6, 6.07) is 3.88. The Morgan fingerprint density at radius 2 is 2.05 bits per heavy atom. The second-order valence-electron chi connectivity index (χ2n) is 4.92. The molecule has 0 aliphatic rings. The molecule has 6 nitrogen and oxygen atoms in total. The molecule has 2 N–H and O–H groups in total. The van der Waals surface area contributed by atoms with Gasteiger partial charge < -0.3 is 10.0 Å². The lowest BCUT2D eigenvalue weighted by Gasteiger charge is -2.21. The van der Waals surface area contributed by atoms with Gasteiger partial charge in [0.1, 0.15) is 4.90 Å². The Morgan fingerprint density at radius 1 is 1.43 bits per heavy atom. The summed E-state index contributed by atoms with van der Waals surface area (Å²) < 4.78 is 26.8. The molecular formula is C13H19ClN2O4S. The molecule has 0 radical (unpaired) electrons. The largest absolute Gasteiger partial charge is 0.478 e. The number of nitrogens with zero attached hydrogens (tertiary/aromatic N) is 1. The molecule has 1 rings (SSSR count). The highest BCUT2D eigenvalue weighted by Crippen LogP contribution is 2.22. The molecule has 0 saturated heterocycles. The van der Waals surface area contributed by atoms with Gasteiger partial charge in [0, 0.05) is 19.1 Å². The van der Waals surface area contributed by atoms with Crippen molar-refractivity contribution in [1.82, 2.24) is 9.62 Å². The molecule has 1 aromatic rings. The minimum atomic E-state index is -3.84. The van der Waals surface area contributed by atoms with Gasteiger partial charge in [0.2, 0.25) is 10.0 Å². The van der Waals surface area contributed by atoms with Crippen LogP contribution >= 0.6 is 11.6 Å². The second-order valence-corrected chi connectivity index (χ2v) is 7.07. The topological polar surface area (TPSA) is 86.7 Å². The van der Waals surface area contributed by atoms with Crippen molar-refractivity contribution >= 4 is 27.6 Å². The molecule has 118 valence electrons. The van der Waals surface area contributed by atoms with Crippen LogP contribution in [0, 0.1) is 0 Å². The normalized spacial score (nSPS) is 12.1. The number of sulfonamides is 1. The van der Waals surface area contributed by atoms with Crippen LogP contribution in [-0.4, -0.2) is 50.6 Å². The first kappa shape index (κ1) is 17.9. The SMILES string of the molecule is CC(C)N(C)CCNS(=O)(=O)c1cc(C(=O)O)ccc1Cl. The van der Waals surface area contributed by atoms with Gasteiger partial charge in [-0.05, 0) is 39.1 Å². The predicted molar refractivity (Wildman–Crippen MR) is 81.4 cm³/mol. The van der Waals surface area contributed by atoms with Crippen LogP contribution in [0.25, 0.3) is 0 Å². The lowest BCUT2D eigenvalue weighted by molar-refractivity contribution is 0.0696. The first-order valence-electron chi connectivity index (χ1n) is 6.38. The maximum absolute atomic E-state index is 12.2. The maximum Gasteiger partial charge on any atom is 0.335 e. The summed E-state index contributed by atoms with van der Waals surface area (Å²) in [5.74, 6) is -1.21. The van der Waals surface area contributed by atoms with E-state index >= 15 is 0 Å². The molecule has 0 spiro atoms. The van der Waals surface area contributed by atoms with Crippen LogP contribution < -0.4 is 4.72 Å². The molecule has 21 heavy (non-hydrogen) atoms. The van der Waals surface area contributed by atoms with E-state index in [2.05, 4.69) is 4.72 Å². The number of carboxylic acid groups (broad SMARTS) is 1. The Labute approximate surface area is 129 Å². The molecule has 0 aromatic heterocycles. The lowest BCUT2D eigenvalue weighted by atomic mass is 10.2. The highest BCUT2D eigenvalue weighted by Gasteiger charge is 2.20. The molecule has 0 heterocycles. The second kappa shape index (κ2) is 7.22. The van der Waals surface area contributed by atoms with E-state index in [4.69, 9.17) is 16.7 Å². The fraction of sp³-hybridized carbons (Fsp3) is 0.462. The van der Waals surface area contributed by atoms with Gasteiger partial charge in [-0.25, -0.2) is 17.9 Å². The number of rotatable bonds is 7. The maximum atomic E-state index is 12.2. The number of halogens is 1. The Morgan fingerprint density at radius 3 is 2.57 bits per heavy atom. The summed E-state index contributed by atoms with van der Waals surface area (Å²) in [6.45, 7) is 4.75. The predicted octanol–water partition coefficient (Wildman–Crippen LogP) is 1.66. The summed E-state index contributed by atoms with van der Waals surface area (Å²) in [5, 5.41) is 8.90. The third-order valence-corrected chi connectivity index (χ3v) is 5.05. The average molecular weight is 335 g/mol. The van der Waals surface area contributed by atoms with Gasteiger partial charge >= 0.3 is 5.97 Å². The Bertz CT molecular complexity index is 617. The van der Waals surface area contributed by atoms with E-state index in [1.165, 1.54) is 12.1 Å². The number of nitrogens with one attached hydrogen (secondary N) is 1. The summed E-state index contributed by atoms with van der Waals surface area (Å²) in [6.07, 6.45) is 0. The molecular weight excluding hydrogens is 316 g/mol. The van der Waals surface area contributed by atoms with E-state index in [9.17, 15) is 13.2 Å². The van der Waals surface area contributed by atoms with Crippen LogP contribution in [-0.2, 0) is 10.0 Å². The van der Waals surface area contributed by atoms with Gasteiger partial charge in [0.15, 0.2) is 0 Å². The molecule has 1 aromatic carbocycles. The molecule has 8 heteroatoms. The number of hydrogen-bond acceptors (Lipinski definition) is 4. The average Bonchev–Trinajstić information content (AvgIpc) is 2.38.